The van der Waals surface area contributed by atoms with Crippen molar-refractivity contribution >= 4 is 12.0 Å². The first-order valence-electron chi connectivity index (χ1n) is 7.56. The highest BCUT2D eigenvalue weighted by Gasteiger charge is 2.36. The molecular formula is C15H26F2N2O3. The first kappa shape index (κ1) is 18.6. The van der Waals surface area contributed by atoms with Crippen molar-refractivity contribution in [3.05, 3.63) is 0 Å². The maximum atomic E-state index is 12.6. The van der Waals surface area contributed by atoms with E-state index in [1.54, 1.807) is 27.7 Å². The van der Waals surface area contributed by atoms with Gasteiger partial charge in [0.2, 0.25) is 0 Å². The molecule has 128 valence electrons. The Balaban J connectivity index is 2.59. The van der Waals surface area contributed by atoms with Crippen molar-refractivity contribution in [2.75, 3.05) is 13.1 Å². The number of nitrogens with one attached hydrogen (secondary N) is 1. The molecule has 0 radical (unpaired) electrons. The van der Waals surface area contributed by atoms with Crippen molar-refractivity contribution < 1.29 is 23.1 Å². The summed E-state index contributed by atoms with van der Waals surface area (Å²) in [7, 11) is 0. The highest BCUT2D eigenvalue weighted by atomic mass is 19.3. The number of carbonyl (C=O) groups excluding carboxylic acids is 2. The fraction of sp³-hybridized carbons (Fsp3) is 0.867. The maximum absolute atomic E-state index is 12.6. The van der Waals surface area contributed by atoms with Crippen LogP contribution in [-0.4, -0.2) is 48.1 Å². The second-order valence-electron chi connectivity index (χ2n) is 7.00. The van der Waals surface area contributed by atoms with Gasteiger partial charge in [0.1, 0.15) is 5.60 Å². The van der Waals surface area contributed by atoms with Crippen LogP contribution in [-0.2, 0) is 9.53 Å². The fourth-order valence-electron chi connectivity index (χ4n) is 2.70. The number of piperidine rings is 1. The lowest BCUT2D eigenvalue weighted by molar-refractivity contribution is -0.148. The van der Waals surface area contributed by atoms with Crippen LogP contribution in [0, 0.1) is 11.8 Å². The van der Waals surface area contributed by atoms with Crippen LogP contribution in [0.5, 0.6) is 0 Å². The maximum Gasteiger partial charge on any atom is 0.407 e. The Morgan fingerprint density at radius 2 is 1.91 bits per heavy atom. The molecule has 0 aliphatic carbocycles. The Kier molecular flexibility index (Phi) is 6.14. The molecule has 5 nitrogen and oxygen atoms in total. The van der Waals surface area contributed by atoms with Gasteiger partial charge in [-0.1, -0.05) is 6.92 Å². The van der Waals surface area contributed by atoms with Gasteiger partial charge in [0.15, 0.2) is 0 Å². The molecule has 1 saturated heterocycles. The molecule has 2 amide bonds. The fourth-order valence-corrected chi connectivity index (χ4v) is 2.70. The molecule has 1 heterocycles. The molecule has 1 aliphatic rings. The Hall–Kier alpha value is -1.40. The van der Waals surface area contributed by atoms with E-state index in [1.165, 1.54) is 4.90 Å². The molecule has 0 bridgehead atoms. The summed E-state index contributed by atoms with van der Waals surface area (Å²) in [5, 5.41) is 2.66. The number of alkyl carbamates (subject to hydrolysis) is 1. The molecule has 0 aromatic heterocycles. The molecule has 22 heavy (non-hydrogen) atoms. The number of carbonyl (C=O) groups is 2. The number of rotatable bonds is 3. The zero-order valence-corrected chi connectivity index (χ0v) is 13.9. The number of hydrogen-bond acceptors (Lipinski definition) is 3. The third-order valence-corrected chi connectivity index (χ3v) is 3.86. The Bertz CT molecular complexity index is 410. The van der Waals surface area contributed by atoms with Crippen molar-refractivity contribution in [2.24, 2.45) is 11.8 Å². The van der Waals surface area contributed by atoms with Crippen LogP contribution in [0.15, 0.2) is 0 Å². The second-order valence-corrected chi connectivity index (χ2v) is 7.00. The van der Waals surface area contributed by atoms with E-state index in [0.29, 0.717) is 13.0 Å². The van der Waals surface area contributed by atoms with Crippen LogP contribution >= 0.6 is 0 Å². The van der Waals surface area contributed by atoms with E-state index in [9.17, 15) is 18.4 Å². The SMILES string of the molecule is CC1CC(C)N(C(=O)C(F)F)CC1CNC(=O)OC(C)(C)C. The molecule has 1 fully saturated rings. The molecular weight excluding hydrogens is 294 g/mol. The summed E-state index contributed by atoms with van der Waals surface area (Å²) in [5.74, 6) is -0.972. The van der Waals surface area contributed by atoms with E-state index in [1.807, 2.05) is 6.92 Å². The molecule has 0 aromatic carbocycles. The van der Waals surface area contributed by atoms with Gasteiger partial charge in [0.25, 0.3) is 5.91 Å². The van der Waals surface area contributed by atoms with E-state index in [-0.39, 0.29) is 24.4 Å². The summed E-state index contributed by atoms with van der Waals surface area (Å²) in [5.41, 5.74) is -0.589. The topological polar surface area (TPSA) is 58.6 Å². The molecule has 1 N–H and O–H groups in total. The lowest BCUT2D eigenvalue weighted by Gasteiger charge is -2.41. The Morgan fingerprint density at radius 1 is 1.32 bits per heavy atom. The predicted molar refractivity (Wildman–Crippen MR) is 78.7 cm³/mol. The average Bonchev–Trinajstić information content (AvgIpc) is 2.34. The molecule has 1 rings (SSSR count). The zero-order valence-electron chi connectivity index (χ0n) is 13.9. The van der Waals surface area contributed by atoms with Gasteiger partial charge in [-0.2, -0.15) is 8.78 Å². The molecule has 0 saturated carbocycles. The van der Waals surface area contributed by atoms with Gasteiger partial charge in [-0.05, 0) is 46.0 Å². The number of amides is 2. The van der Waals surface area contributed by atoms with Gasteiger partial charge in [0, 0.05) is 19.1 Å². The van der Waals surface area contributed by atoms with Gasteiger partial charge in [0.05, 0.1) is 0 Å². The Labute approximate surface area is 130 Å². The van der Waals surface area contributed by atoms with Gasteiger partial charge < -0.3 is 15.0 Å². The van der Waals surface area contributed by atoms with Crippen molar-refractivity contribution in [3.63, 3.8) is 0 Å². The van der Waals surface area contributed by atoms with Crippen molar-refractivity contribution in [1.82, 2.24) is 10.2 Å². The average molecular weight is 320 g/mol. The highest BCUT2D eigenvalue weighted by molar-refractivity contribution is 5.79. The van der Waals surface area contributed by atoms with Gasteiger partial charge in [-0.3, -0.25) is 4.79 Å². The second kappa shape index (κ2) is 7.24. The zero-order chi connectivity index (χ0) is 17.1. The summed E-state index contributed by atoms with van der Waals surface area (Å²) < 4.78 is 30.4. The van der Waals surface area contributed by atoms with Crippen molar-refractivity contribution in [2.45, 2.75) is 59.1 Å². The van der Waals surface area contributed by atoms with Crippen LogP contribution < -0.4 is 5.32 Å². The molecule has 0 spiro atoms. The van der Waals surface area contributed by atoms with E-state index >= 15 is 0 Å². The largest absolute Gasteiger partial charge is 0.444 e. The van der Waals surface area contributed by atoms with E-state index in [0.717, 1.165) is 0 Å². The minimum Gasteiger partial charge on any atom is -0.444 e. The van der Waals surface area contributed by atoms with Crippen LogP contribution in [0.3, 0.4) is 0 Å². The first-order valence-corrected chi connectivity index (χ1v) is 7.56. The number of nitrogens with zero attached hydrogens (tertiary/aromatic N) is 1. The summed E-state index contributed by atoms with van der Waals surface area (Å²) in [6.07, 6.45) is -2.89. The van der Waals surface area contributed by atoms with Crippen LogP contribution in [0.4, 0.5) is 13.6 Å². The summed E-state index contributed by atoms with van der Waals surface area (Å²) in [6.45, 7) is 9.59. The molecule has 7 heteroatoms. The standard InChI is InChI=1S/C15H26F2N2O3/c1-9-6-10(2)19(13(20)12(16)17)8-11(9)7-18-14(21)22-15(3,4)5/h9-12H,6-8H2,1-5H3,(H,18,21). The van der Waals surface area contributed by atoms with Gasteiger partial charge >= 0.3 is 12.5 Å². The van der Waals surface area contributed by atoms with E-state index in [2.05, 4.69) is 5.32 Å². The van der Waals surface area contributed by atoms with Gasteiger partial charge in [-0.15, -0.1) is 0 Å². The van der Waals surface area contributed by atoms with Crippen molar-refractivity contribution in [3.8, 4) is 0 Å². The predicted octanol–water partition coefficient (Wildman–Crippen LogP) is 2.65. The van der Waals surface area contributed by atoms with Crippen LogP contribution in [0.2, 0.25) is 0 Å². The monoisotopic (exact) mass is 320 g/mol. The smallest absolute Gasteiger partial charge is 0.407 e. The summed E-state index contributed by atoms with van der Waals surface area (Å²) in [4.78, 5) is 24.4. The third kappa shape index (κ3) is 5.42. The minimum absolute atomic E-state index is 0.0635. The van der Waals surface area contributed by atoms with E-state index in [4.69, 9.17) is 4.74 Å². The number of halogens is 2. The normalized spacial score (nSPS) is 26.0. The lowest BCUT2D eigenvalue weighted by atomic mass is 9.83. The van der Waals surface area contributed by atoms with Gasteiger partial charge in [-0.25, -0.2) is 4.79 Å². The number of alkyl halides is 2. The lowest BCUT2D eigenvalue weighted by Crippen LogP contribution is -2.52. The summed E-state index contributed by atoms with van der Waals surface area (Å²) >= 11 is 0. The number of ether oxygens (including phenoxy) is 1. The minimum atomic E-state index is -2.99. The molecule has 3 unspecified atom stereocenters. The van der Waals surface area contributed by atoms with Crippen LogP contribution in [0.25, 0.3) is 0 Å². The molecule has 0 aromatic rings. The highest BCUT2D eigenvalue weighted by Crippen LogP contribution is 2.28. The van der Waals surface area contributed by atoms with E-state index < -0.39 is 24.0 Å². The molecule has 1 aliphatic heterocycles. The van der Waals surface area contributed by atoms with Crippen LogP contribution in [0.1, 0.15) is 41.0 Å². The quantitative estimate of drug-likeness (QED) is 0.870. The number of likely N-dealkylation sites (tertiary alicyclic amines) is 1. The summed E-state index contributed by atoms with van der Waals surface area (Å²) in [6, 6.07) is -0.214. The number of hydrogen-bond donors (Lipinski definition) is 1. The third-order valence-electron chi connectivity index (χ3n) is 3.86. The molecule has 3 atom stereocenters. The first-order chi connectivity index (χ1) is 10.0. The van der Waals surface area contributed by atoms with Crippen molar-refractivity contribution in [1.29, 1.82) is 0 Å². The Morgan fingerprint density at radius 3 is 2.41 bits per heavy atom.